The van der Waals surface area contributed by atoms with Crippen molar-refractivity contribution in [3.05, 3.63) is 34.6 Å². The summed E-state index contributed by atoms with van der Waals surface area (Å²) in [6.45, 7) is 0.136. The van der Waals surface area contributed by atoms with Crippen LogP contribution in [0.15, 0.2) is 26.9 Å². The molecule has 1 heterocycles. The summed E-state index contributed by atoms with van der Waals surface area (Å²) in [4.78, 5) is 13.6. The second-order valence-electron chi connectivity index (χ2n) is 4.28. The number of carbonyl (C=O) groups is 1. The number of halogens is 2. The van der Waals surface area contributed by atoms with Crippen LogP contribution in [0.5, 0.6) is 0 Å². The Balaban J connectivity index is 1.92. The van der Waals surface area contributed by atoms with Crippen LogP contribution in [0.1, 0.15) is 5.56 Å². The molecule has 0 aliphatic carbocycles. The molecule has 1 amide bonds. The lowest BCUT2D eigenvalue weighted by atomic mass is 10.2. The highest BCUT2D eigenvalue weighted by molar-refractivity contribution is 8.03. The maximum absolute atomic E-state index is 13.7. The number of aromatic nitrogens is 2. The highest BCUT2D eigenvalue weighted by Crippen LogP contribution is 2.27. The zero-order valence-corrected chi connectivity index (χ0v) is 15.1. The summed E-state index contributed by atoms with van der Waals surface area (Å²) in [6, 6.07) is 4.48. The summed E-state index contributed by atoms with van der Waals surface area (Å²) in [7, 11) is 1.62. The molecule has 0 atom stereocenters. The Labute approximate surface area is 145 Å². The van der Waals surface area contributed by atoms with E-state index in [1.54, 1.807) is 13.1 Å². The number of hydrogen-bond donors (Lipinski definition) is 0. The Bertz CT molecular complexity index is 647. The van der Waals surface area contributed by atoms with Gasteiger partial charge in [0.2, 0.25) is 5.91 Å². The molecule has 0 saturated carbocycles. The normalized spacial score (nSPS) is 10.7. The van der Waals surface area contributed by atoms with Gasteiger partial charge in [-0.2, -0.15) is 0 Å². The van der Waals surface area contributed by atoms with E-state index in [0.29, 0.717) is 10.6 Å². The van der Waals surface area contributed by atoms with Gasteiger partial charge in [0.25, 0.3) is 0 Å². The fourth-order valence-electron chi connectivity index (χ4n) is 1.58. The molecule has 0 saturated heterocycles. The average Bonchev–Trinajstić information content (AvgIpc) is 2.96. The van der Waals surface area contributed by atoms with Gasteiger partial charge < -0.3 is 4.90 Å². The summed E-state index contributed by atoms with van der Waals surface area (Å²) in [5.41, 5.74) is 0.325. The van der Waals surface area contributed by atoms with Crippen molar-refractivity contribution in [3.8, 4) is 0 Å². The molecule has 0 aliphatic heterocycles. The van der Waals surface area contributed by atoms with Gasteiger partial charge in [0.1, 0.15) is 5.82 Å². The largest absolute Gasteiger partial charge is 0.341 e. The third-order valence-corrected chi connectivity index (χ3v) is 6.14. The Morgan fingerprint density at radius 2 is 2.14 bits per heavy atom. The van der Waals surface area contributed by atoms with Crippen LogP contribution in [0.2, 0.25) is 5.02 Å². The molecule has 0 N–H and O–H groups in total. The predicted molar refractivity (Wildman–Crippen MR) is 90.3 cm³/mol. The van der Waals surface area contributed by atoms with Crippen LogP contribution in [0, 0.1) is 5.82 Å². The predicted octanol–water partition coefficient (Wildman–Crippen LogP) is 3.80. The first kappa shape index (κ1) is 17.5. The van der Waals surface area contributed by atoms with Crippen LogP contribution < -0.4 is 0 Å². The van der Waals surface area contributed by atoms with Crippen molar-refractivity contribution in [1.82, 2.24) is 15.1 Å². The minimum Gasteiger partial charge on any atom is -0.341 e. The van der Waals surface area contributed by atoms with Crippen molar-refractivity contribution in [3.63, 3.8) is 0 Å². The minimum absolute atomic E-state index is 0.120. The topological polar surface area (TPSA) is 46.1 Å². The Morgan fingerprint density at radius 1 is 1.41 bits per heavy atom. The van der Waals surface area contributed by atoms with Crippen LogP contribution >= 0.6 is 46.5 Å². The van der Waals surface area contributed by atoms with Crippen LogP contribution in [0.25, 0.3) is 0 Å². The van der Waals surface area contributed by atoms with E-state index in [4.69, 9.17) is 11.6 Å². The van der Waals surface area contributed by atoms with Crippen molar-refractivity contribution in [2.75, 3.05) is 19.1 Å². The van der Waals surface area contributed by atoms with Gasteiger partial charge in [-0.1, -0.05) is 52.5 Å². The quantitative estimate of drug-likeness (QED) is 0.716. The van der Waals surface area contributed by atoms with Gasteiger partial charge in [0.05, 0.1) is 5.75 Å². The van der Waals surface area contributed by atoms with Gasteiger partial charge in [-0.05, 0) is 18.4 Å². The molecule has 0 bridgehead atoms. The standard InChI is InChI=1S/C13H13ClFN3OS3/c1-18(6-8-9(14)4-3-5-10(8)15)11(19)7-21-13-17-16-12(20-2)22-13/h3-5H,6-7H2,1-2H3. The van der Waals surface area contributed by atoms with Crippen molar-refractivity contribution in [2.45, 2.75) is 15.2 Å². The van der Waals surface area contributed by atoms with Crippen molar-refractivity contribution in [2.24, 2.45) is 0 Å². The molecule has 0 radical (unpaired) electrons. The molecule has 0 spiro atoms. The highest BCUT2D eigenvalue weighted by Gasteiger charge is 2.15. The van der Waals surface area contributed by atoms with Gasteiger partial charge in [0.15, 0.2) is 8.68 Å². The SMILES string of the molecule is CSc1nnc(SCC(=O)N(C)Cc2c(F)cccc2Cl)s1. The van der Waals surface area contributed by atoms with E-state index in [1.165, 1.54) is 51.9 Å². The lowest BCUT2D eigenvalue weighted by molar-refractivity contribution is -0.127. The number of hydrogen-bond acceptors (Lipinski definition) is 6. The first-order valence-corrected chi connectivity index (χ1v) is 9.59. The van der Waals surface area contributed by atoms with Crippen LogP contribution in [0.3, 0.4) is 0 Å². The Kier molecular flexibility index (Phi) is 6.49. The van der Waals surface area contributed by atoms with Crippen molar-refractivity contribution >= 4 is 52.4 Å². The number of benzene rings is 1. The molecule has 0 fully saturated rings. The van der Waals surface area contributed by atoms with Crippen molar-refractivity contribution < 1.29 is 9.18 Å². The van der Waals surface area contributed by atoms with E-state index < -0.39 is 5.82 Å². The minimum atomic E-state index is -0.409. The summed E-state index contributed by atoms with van der Waals surface area (Å²) < 4.78 is 15.3. The molecule has 0 aliphatic rings. The number of rotatable bonds is 6. The number of nitrogens with zero attached hydrogens (tertiary/aromatic N) is 3. The fourth-order valence-corrected chi connectivity index (χ4v) is 4.18. The third kappa shape index (κ3) is 4.58. The summed E-state index contributed by atoms with van der Waals surface area (Å²) in [5, 5.41) is 8.28. The second-order valence-corrected chi connectivity index (χ2v) is 7.94. The maximum atomic E-state index is 13.7. The Morgan fingerprint density at radius 3 is 2.77 bits per heavy atom. The van der Waals surface area contributed by atoms with Crippen LogP contribution in [-0.4, -0.2) is 40.1 Å². The Hall–Kier alpha value is -0.830. The van der Waals surface area contributed by atoms with Crippen LogP contribution in [-0.2, 0) is 11.3 Å². The van der Waals surface area contributed by atoms with Gasteiger partial charge in [-0.3, -0.25) is 4.79 Å². The molecular weight excluding hydrogens is 365 g/mol. The molecule has 4 nitrogen and oxygen atoms in total. The first-order chi connectivity index (χ1) is 10.5. The van der Waals surface area contributed by atoms with E-state index >= 15 is 0 Å². The molecule has 2 rings (SSSR count). The van der Waals surface area contributed by atoms with E-state index in [-0.39, 0.29) is 18.2 Å². The zero-order chi connectivity index (χ0) is 16.1. The van der Waals surface area contributed by atoms with Gasteiger partial charge in [0, 0.05) is 24.2 Å². The molecule has 9 heteroatoms. The number of thioether (sulfide) groups is 2. The van der Waals surface area contributed by atoms with Crippen LogP contribution in [0.4, 0.5) is 4.39 Å². The van der Waals surface area contributed by atoms with E-state index in [9.17, 15) is 9.18 Å². The zero-order valence-electron chi connectivity index (χ0n) is 11.9. The highest BCUT2D eigenvalue weighted by atomic mass is 35.5. The van der Waals surface area contributed by atoms with E-state index in [2.05, 4.69) is 10.2 Å². The van der Waals surface area contributed by atoms with Crippen molar-refractivity contribution in [1.29, 1.82) is 0 Å². The molecule has 2 aromatic rings. The van der Waals surface area contributed by atoms with E-state index in [0.717, 1.165) is 8.68 Å². The average molecular weight is 378 g/mol. The first-order valence-electron chi connectivity index (χ1n) is 6.18. The third-order valence-electron chi connectivity index (χ3n) is 2.76. The molecule has 1 aromatic carbocycles. The molecule has 1 aromatic heterocycles. The monoisotopic (exact) mass is 377 g/mol. The summed E-state index contributed by atoms with van der Waals surface area (Å²) in [6.07, 6.45) is 1.92. The molecule has 118 valence electrons. The van der Waals surface area contributed by atoms with E-state index in [1.807, 2.05) is 6.26 Å². The van der Waals surface area contributed by atoms with Gasteiger partial charge >= 0.3 is 0 Å². The summed E-state index contributed by atoms with van der Waals surface area (Å²) >= 11 is 10.3. The second kappa shape index (κ2) is 8.14. The number of amides is 1. The van der Waals surface area contributed by atoms with Gasteiger partial charge in [-0.15, -0.1) is 10.2 Å². The molecule has 22 heavy (non-hydrogen) atoms. The smallest absolute Gasteiger partial charge is 0.233 e. The fraction of sp³-hybridized carbons (Fsp3) is 0.308. The van der Waals surface area contributed by atoms with Gasteiger partial charge in [-0.25, -0.2) is 4.39 Å². The lowest BCUT2D eigenvalue weighted by Gasteiger charge is -2.18. The molecule has 0 unspecified atom stereocenters. The molecular formula is C13H13ClFN3OS3. The lowest BCUT2D eigenvalue weighted by Crippen LogP contribution is -2.28. The summed E-state index contributed by atoms with van der Waals surface area (Å²) in [5.74, 6) is -0.301. The maximum Gasteiger partial charge on any atom is 0.233 e. The number of carbonyl (C=O) groups excluding carboxylic acids is 1.